The maximum absolute atomic E-state index is 11.9. The van der Waals surface area contributed by atoms with Gasteiger partial charge in [0.1, 0.15) is 12.1 Å². The average Bonchev–Trinajstić information content (AvgIpc) is 2.88. The summed E-state index contributed by atoms with van der Waals surface area (Å²) in [7, 11) is 0. The highest BCUT2D eigenvalue weighted by Crippen LogP contribution is 2.26. The van der Waals surface area contributed by atoms with Crippen LogP contribution in [0, 0.1) is 0 Å². The van der Waals surface area contributed by atoms with Crippen LogP contribution in [0.15, 0.2) is 33.2 Å². The fourth-order valence-electron chi connectivity index (χ4n) is 1.62. The van der Waals surface area contributed by atoms with Gasteiger partial charge < -0.3 is 20.2 Å². The van der Waals surface area contributed by atoms with Gasteiger partial charge in [-0.05, 0) is 28.1 Å². The molecule has 1 aromatic heterocycles. The van der Waals surface area contributed by atoms with E-state index in [1.807, 2.05) is 6.07 Å². The Balaban J connectivity index is 1.97. The van der Waals surface area contributed by atoms with E-state index in [1.165, 1.54) is 0 Å². The van der Waals surface area contributed by atoms with Crippen LogP contribution < -0.4 is 10.6 Å². The molecule has 110 valence electrons. The van der Waals surface area contributed by atoms with E-state index in [1.54, 1.807) is 18.2 Å². The fourth-order valence-corrected chi connectivity index (χ4v) is 2.09. The zero-order chi connectivity index (χ0) is 15.4. The molecule has 1 heterocycles. The lowest BCUT2D eigenvalue weighted by Gasteiger charge is -2.03. The van der Waals surface area contributed by atoms with Crippen molar-refractivity contribution in [2.24, 2.45) is 0 Å². The second-order valence-electron chi connectivity index (χ2n) is 4.12. The predicted molar refractivity (Wildman–Crippen MR) is 76.9 cm³/mol. The first-order valence-corrected chi connectivity index (χ1v) is 6.71. The Morgan fingerprint density at radius 3 is 2.62 bits per heavy atom. The molecule has 0 aliphatic rings. The number of carbonyl (C=O) groups excluding carboxylic acids is 2. The Morgan fingerprint density at radius 2 is 1.95 bits per heavy atom. The van der Waals surface area contributed by atoms with Crippen LogP contribution in [0.5, 0.6) is 0 Å². The number of nitrogens with one attached hydrogen (secondary N) is 2. The first-order valence-electron chi connectivity index (χ1n) is 5.92. The van der Waals surface area contributed by atoms with Crippen molar-refractivity contribution in [1.29, 1.82) is 0 Å². The number of para-hydroxylation sites is 1. The minimum atomic E-state index is -1.16. The van der Waals surface area contributed by atoms with Crippen LogP contribution in [0.3, 0.4) is 0 Å². The van der Waals surface area contributed by atoms with E-state index >= 15 is 0 Å². The molecule has 0 saturated heterocycles. The molecule has 2 aromatic rings. The summed E-state index contributed by atoms with van der Waals surface area (Å²) in [5.41, 5.74) is 0.540. The third-order valence-electron chi connectivity index (χ3n) is 2.57. The van der Waals surface area contributed by atoms with Crippen molar-refractivity contribution < 1.29 is 23.9 Å². The van der Waals surface area contributed by atoms with Crippen molar-refractivity contribution in [3.8, 4) is 0 Å². The molecule has 0 aliphatic carbocycles. The molecule has 2 rings (SSSR count). The molecule has 0 fully saturated rings. The molecule has 1 aromatic carbocycles. The molecule has 0 bridgehead atoms. The summed E-state index contributed by atoms with van der Waals surface area (Å²) in [6, 6.07) is 6.94. The molecule has 0 atom stereocenters. The molecule has 0 spiro atoms. The SMILES string of the molecule is O=C(O)CNC(=O)CNC(=O)c1cc2cccc(Br)c2o1. The summed E-state index contributed by atoms with van der Waals surface area (Å²) in [6.07, 6.45) is 0. The number of carboxylic acid groups (broad SMARTS) is 1. The number of rotatable bonds is 5. The number of hydrogen-bond donors (Lipinski definition) is 3. The third kappa shape index (κ3) is 3.82. The molecule has 8 heteroatoms. The van der Waals surface area contributed by atoms with Crippen LogP contribution in [-0.4, -0.2) is 36.0 Å². The Kier molecular flexibility index (Phi) is 4.59. The molecule has 7 nitrogen and oxygen atoms in total. The summed E-state index contributed by atoms with van der Waals surface area (Å²) in [6.45, 7) is -0.823. The molecule has 2 amide bonds. The topological polar surface area (TPSA) is 109 Å². The van der Waals surface area contributed by atoms with E-state index in [2.05, 4.69) is 26.6 Å². The minimum absolute atomic E-state index is 0.0722. The first kappa shape index (κ1) is 15.0. The average molecular weight is 355 g/mol. The number of carboxylic acids is 1. The molecule has 0 radical (unpaired) electrons. The lowest BCUT2D eigenvalue weighted by atomic mass is 10.2. The van der Waals surface area contributed by atoms with Gasteiger partial charge in [-0.1, -0.05) is 12.1 Å². The lowest BCUT2D eigenvalue weighted by molar-refractivity contribution is -0.137. The monoisotopic (exact) mass is 354 g/mol. The van der Waals surface area contributed by atoms with Crippen LogP contribution >= 0.6 is 15.9 Å². The van der Waals surface area contributed by atoms with Gasteiger partial charge in [-0.15, -0.1) is 0 Å². The molecular formula is C13H11BrN2O5. The van der Waals surface area contributed by atoms with Gasteiger partial charge >= 0.3 is 5.97 Å². The van der Waals surface area contributed by atoms with Gasteiger partial charge in [0.05, 0.1) is 11.0 Å². The van der Waals surface area contributed by atoms with E-state index in [9.17, 15) is 14.4 Å². The van der Waals surface area contributed by atoms with Crippen molar-refractivity contribution >= 4 is 44.7 Å². The maximum atomic E-state index is 11.9. The normalized spacial score (nSPS) is 10.3. The first-order chi connectivity index (χ1) is 9.97. The molecule has 0 unspecified atom stereocenters. The second kappa shape index (κ2) is 6.40. The standard InChI is InChI=1S/C13H11BrN2O5/c14-8-3-1-2-7-4-9(21-12(7)8)13(20)16-5-10(17)15-6-11(18)19/h1-4H,5-6H2,(H,15,17)(H,16,20)(H,18,19). The summed E-state index contributed by atoms with van der Waals surface area (Å²) in [5.74, 6) is -2.23. The van der Waals surface area contributed by atoms with E-state index in [0.29, 0.717) is 5.58 Å². The number of amides is 2. The Morgan fingerprint density at radius 1 is 1.19 bits per heavy atom. The summed E-state index contributed by atoms with van der Waals surface area (Å²) >= 11 is 3.31. The minimum Gasteiger partial charge on any atom is -0.480 e. The van der Waals surface area contributed by atoms with E-state index in [-0.39, 0.29) is 12.3 Å². The lowest BCUT2D eigenvalue weighted by Crippen LogP contribution is -2.38. The fraction of sp³-hybridized carbons (Fsp3) is 0.154. The number of furan rings is 1. The van der Waals surface area contributed by atoms with E-state index < -0.39 is 24.3 Å². The number of aliphatic carboxylic acids is 1. The van der Waals surface area contributed by atoms with Crippen molar-refractivity contribution in [3.05, 3.63) is 34.5 Å². The Labute approximate surface area is 127 Å². The van der Waals surface area contributed by atoms with Crippen LogP contribution in [0.2, 0.25) is 0 Å². The van der Waals surface area contributed by atoms with Gasteiger partial charge in [-0.2, -0.15) is 0 Å². The van der Waals surface area contributed by atoms with Crippen LogP contribution in [0.25, 0.3) is 11.0 Å². The molecule has 3 N–H and O–H groups in total. The van der Waals surface area contributed by atoms with E-state index in [0.717, 1.165) is 9.86 Å². The number of hydrogen-bond acceptors (Lipinski definition) is 4. The van der Waals surface area contributed by atoms with Gasteiger partial charge in [0, 0.05) is 5.39 Å². The van der Waals surface area contributed by atoms with E-state index in [4.69, 9.17) is 9.52 Å². The van der Waals surface area contributed by atoms with Crippen molar-refractivity contribution in [1.82, 2.24) is 10.6 Å². The summed E-state index contributed by atoms with van der Waals surface area (Å²) < 4.78 is 6.13. The molecular weight excluding hydrogens is 344 g/mol. The maximum Gasteiger partial charge on any atom is 0.322 e. The van der Waals surface area contributed by atoms with Crippen LogP contribution in [0.1, 0.15) is 10.6 Å². The van der Waals surface area contributed by atoms with Crippen LogP contribution in [-0.2, 0) is 9.59 Å². The largest absolute Gasteiger partial charge is 0.480 e. The number of carbonyl (C=O) groups is 3. The Bertz CT molecular complexity index is 710. The van der Waals surface area contributed by atoms with Gasteiger partial charge in [0.25, 0.3) is 5.91 Å². The van der Waals surface area contributed by atoms with Gasteiger partial charge in [0.2, 0.25) is 5.91 Å². The van der Waals surface area contributed by atoms with Crippen molar-refractivity contribution in [2.45, 2.75) is 0 Å². The van der Waals surface area contributed by atoms with Gasteiger partial charge in [-0.25, -0.2) is 0 Å². The highest BCUT2D eigenvalue weighted by Gasteiger charge is 2.14. The number of halogens is 1. The van der Waals surface area contributed by atoms with Gasteiger partial charge in [0.15, 0.2) is 5.76 Å². The number of benzene rings is 1. The zero-order valence-corrected chi connectivity index (χ0v) is 12.3. The van der Waals surface area contributed by atoms with Crippen molar-refractivity contribution in [2.75, 3.05) is 13.1 Å². The molecule has 21 heavy (non-hydrogen) atoms. The molecule has 0 saturated carbocycles. The van der Waals surface area contributed by atoms with Crippen LogP contribution in [0.4, 0.5) is 0 Å². The smallest absolute Gasteiger partial charge is 0.322 e. The second-order valence-corrected chi connectivity index (χ2v) is 4.98. The highest BCUT2D eigenvalue weighted by atomic mass is 79.9. The quantitative estimate of drug-likeness (QED) is 0.745. The Hall–Kier alpha value is -2.35. The van der Waals surface area contributed by atoms with Crippen molar-refractivity contribution in [3.63, 3.8) is 0 Å². The highest BCUT2D eigenvalue weighted by molar-refractivity contribution is 9.10. The number of fused-ring (bicyclic) bond motifs is 1. The summed E-state index contributed by atoms with van der Waals surface area (Å²) in [4.78, 5) is 33.4. The van der Waals surface area contributed by atoms with Gasteiger partial charge in [-0.3, -0.25) is 14.4 Å². The zero-order valence-electron chi connectivity index (χ0n) is 10.7. The summed E-state index contributed by atoms with van der Waals surface area (Å²) in [5, 5.41) is 13.6. The third-order valence-corrected chi connectivity index (χ3v) is 3.19. The molecule has 0 aliphatic heterocycles. The predicted octanol–water partition coefficient (Wildman–Crippen LogP) is 1.13.